The number of methoxy groups -OCH3 is 2. The average Bonchev–Trinajstić information content (AvgIpc) is 2.52. The predicted octanol–water partition coefficient (Wildman–Crippen LogP) is 3.23. The minimum absolute atomic E-state index is 0.125. The summed E-state index contributed by atoms with van der Waals surface area (Å²) in [6.45, 7) is 3.72. The van der Waals surface area contributed by atoms with Gasteiger partial charge in [-0.05, 0) is 40.9 Å². The van der Waals surface area contributed by atoms with E-state index < -0.39 is 11.5 Å². The molecule has 0 aromatic heterocycles. The maximum atomic E-state index is 12.6. The largest absolute Gasteiger partial charge is 0.493 e. The van der Waals surface area contributed by atoms with Crippen LogP contribution in [-0.4, -0.2) is 36.7 Å². The van der Waals surface area contributed by atoms with Crippen LogP contribution in [0.1, 0.15) is 43.5 Å². The van der Waals surface area contributed by atoms with Crippen LogP contribution in [0.15, 0.2) is 16.6 Å². The molecular weight excluding hydrogens is 366 g/mol. The summed E-state index contributed by atoms with van der Waals surface area (Å²) in [6, 6.07) is 3.18. The highest BCUT2D eigenvalue weighted by Crippen LogP contribution is 2.36. The zero-order valence-corrected chi connectivity index (χ0v) is 15.3. The highest BCUT2D eigenvalue weighted by atomic mass is 79.9. The molecule has 0 aliphatic carbocycles. The molecule has 0 aliphatic heterocycles. The minimum atomic E-state index is -0.942. The van der Waals surface area contributed by atoms with E-state index in [1.54, 1.807) is 12.1 Å². The van der Waals surface area contributed by atoms with Gasteiger partial charge in [0.15, 0.2) is 11.5 Å². The van der Waals surface area contributed by atoms with Crippen LogP contribution in [0.3, 0.4) is 0 Å². The predicted molar refractivity (Wildman–Crippen MR) is 90.3 cm³/mol. The summed E-state index contributed by atoms with van der Waals surface area (Å²) in [6.07, 6.45) is 0.923. The summed E-state index contributed by atoms with van der Waals surface area (Å²) >= 11 is 3.34. The normalized spacial score (nSPS) is 11.0. The number of halogens is 1. The van der Waals surface area contributed by atoms with Gasteiger partial charge in [0.05, 0.1) is 30.7 Å². The average molecular weight is 388 g/mol. The molecule has 128 valence electrons. The molecule has 0 heterocycles. The highest BCUT2D eigenvalue weighted by molar-refractivity contribution is 9.10. The molecule has 2 N–H and O–H groups in total. The molecule has 1 amide bonds. The Morgan fingerprint density at radius 2 is 1.83 bits per heavy atom. The first kappa shape index (κ1) is 19.3. The SMILES string of the molecule is CCC(CC)(CC(=O)O)NC(=O)c1cc(Br)c(OC)c(OC)c1. The van der Waals surface area contributed by atoms with Crippen molar-refractivity contribution in [1.82, 2.24) is 5.32 Å². The smallest absolute Gasteiger partial charge is 0.305 e. The molecule has 0 fully saturated rings. The summed E-state index contributed by atoms with van der Waals surface area (Å²) in [5.41, 5.74) is -0.408. The molecule has 6 nitrogen and oxygen atoms in total. The molecule has 23 heavy (non-hydrogen) atoms. The number of carbonyl (C=O) groups is 2. The molecule has 0 unspecified atom stereocenters. The quantitative estimate of drug-likeness (QED) is 0.714. The third-order valence-electron chi connectivity index (χ3n) is 3.92. The zero-order valence-electron chi connectivity index (χ0n) is 13.7. The molecule has 0 bridgehead atoms. The van der Waals surface area contributed by atoms with Crippen molar-refractivity contribution in [1.29, 1.82) is 0 Å². The van der Waals surface area contributed by atoms with Gasteiger partial charge in [0, 0.05) is 5.56 Å². The fourth-order valence-corrected chi connectivity index (χ4v) is 2.98. The van der Waals surface area contributed by atoms with Gasteiger partial charge in [0.25, 0.3) is 5.91 Å². The molecular formula is C16H22BrNO5. The third kappa shape index (κ3) is 4.60. The van der Waals surface area contributed by atoms with Crippen LogP contribution >= 0.6 is 15.9 Å². The molecule has 1 aromatic carbocycles. The van der Waals surface area contributed by atoms with Crippen molar-refractivity contribution in [2.75, 3.05) is 14.2 Å². The van der Waals surface area contributed by atoms with Crippen molar-refractivity contribution >= 4 is 27.8 Å². The summed E-state index contributed by atoms with van der Waals surface area (Å²) in [4.78, 5) is 23.7. The van der Waals surface area contributed by atoms with Crippen LogP contribution in [0.25, 0.3) is 0 Å². The van der Waals surface area contributed by atoms with E-state index in [2.05, 4.69) is 21.2 Å². The van der Waals surface area contributed by atoms with Crippen LogP contribution in [0.2, 0.25) is 0 Å². The van der Waals surface area contributed by atoms with Crippen molar-refractivity contribution in [2.45, 2.75) is 38.6 Å². The Bertz CT molecular complexity index is 584. The second kappa shape index (κ2) is 8.19. The van der Waals surface area contributed by atoms with Crippen molar-refractivity contribution in [3.05, 3.63) is 22.2 Å². The van der Waals surface area contributed by atoms with Crippen molar-refractivity contribution < 1.29 is 24.2 Å². The summed E-state index contributed by atoms with van der Waals surface area (Å²) in [5, 5.41) is 12.0. The molecule has 0 aliphatic rings. The number of hydrogen-bond acceptors (Lipinski definition) is 4. The molecule has 0 saturated heterocycles. The number of carbonyl (C=O) groups excluding carboxylic acids is 1. The van der Waals surface area contributed by atoms with Crippen molar-refractivity contribution in [3.63, 3.8) is 0 Å². The number of carboxylic acids is 1. The Labute approximate surface area is 144 Å². The van der Waals surface area contributed by atoms with E-state index in [-0.39, 0.29) is 12.3 Å². The van der Waals surface area contributed by atoms with E-state index in [9.17, 15) is 9.59 Å². The maximum Gasteiger partial charge on any atom is 0.305 e. The summed E-state index contributed by atoms with van der Waals surface area (Å²) in [7, 11) is 2.99. The fraction of sp³-hybridized carbons (Fsp3) is 0.500. The summed E-state index contributed by atoms with van der Waals surface area (Å²) < 4.78 is 11.0. The number of aliphatic carboxylic acids is 1. The van der Waals surface area contributed by atoms with Gasteiger partial charge >= 0.3 is 5.97 Å². The van der Waals surface area contributed by atoms with Crippen LogP contribution in [0, 0.1) is 0 Å². The van der Waals surface area contributed by atoms with E-state index in [1.807, 2.05) is 13.8 Å². The second-order valence-electron chi connectivity index (χ2n) is 5.21. The first-order valence-corrected chi connectivity index (χ1v) is 8.07. The monoisotopic (exact) mass is 387 g/mol. The van der Waals surface area contributed by atoms with Gasteiger partial charge in [0.1, 0.15) is 0 Å². The standard InChI is InChI=1S/C16H22BrNO5/c1-5-16(6-2,9-13(19)20)18-15(21)10-7-11(17)14(23-4)12(8-10)22-3/h7-8H,5-6,9H2,1-4H3,(H,18,21)(H,19,20). The third-order valence-corrected chi connectivity index (χ3v) is 4.51. The van der Waals surface area contributed by atoms with Crippen LogP contribution in [0.4, 0.5) is 0 Å². The van der Waals surface area contributed by atoms with Crippen molar-refractivity contribution in [3.8, 4) is 11.5 Å². The first-order valence-electron chi connectivity index (χ1n) is 7.28. The highest BCUT2D eigenvalue weighted by Gasteiger charge is 2.31. The Balaban J connectivity index is 3.13. The number of benzene rings is 1. The van der Waals surface area contributed by atoms with Gasteiger partial charge in [-0.3, -0.25) is 9.59 Å². The van der Waals surface area contributed by atoms with E-state index in [0.29, 0.717) is 34.4 Å². The van der Waals surface area contributed by atoms with Gasteiger partial charge < -0.3 is 19.9 Å². The Kier molecular flexibility index (Phi) is 6.87. The van der Waals surface area contributed by atoms with E-state index in [0.717, 1.165) is 0 Å². The molecule has 1 aromatic rings. The van der Waals surface area contributed by atoms with E-state index in [1.165, 1.54) is 14.2 Å². The lowest BCUT2D eigenvalue weighted by molar-refractivity contribution is -0.138. The zero-order chi connectivity index (χ0) is 17.6. The minimum Gasteiger partial charge on any atom is -0.493 e. The number of rotatable bonds is 8. The van der Waals surface area contributed by atoms with Gasteiger partial charge in [-0.1, -0.05) is 13.8 Å². The van der Waals surface area contributed by atoms with E-state index >= 15 is 0 Å². The van der Waals surface area contributed by atoms with E-state index in [4.69, 9.17) is 14.6 Å². The lowest BCUT2D eigenvalue weighted by Crippen LogP contribution is -2.49. The second-order valence-corrected chi connectivity index (χ2v) is 6.06. The number of carboxylic acid groups (broad SMARTS) is 1. The Morgan fingerprint density at radius 1 is 1.22 bits per heavy atom. The lowest BCUT2D eigenvalue weighted by Gasteiger charge is -2.31. The maximum absolute atomic E-state index is 12.6. The molecule has 0 spiro atoms. The van der Waals surface area contributed by atoms with Gasteiger partial charge in [-0.2, -0.15) is 0 Å². The number of hydrogen-bond donors (Lipinski definition) is 2. The Morgan fingerprint density at radius 3 is 2.26 bits per heavy atom. The molecule has 7 heteroatoms. The van der Waals surface area contributed by atoms with Crippen LogP contribution < -0.4 is 14.8 Å². The number of nitrogens with one attached hydrogen (secondary N) is 1. The molecule has 0 radical (unpaired) electrons. The van der Waals surface area contributed by atoms with Gasteiger partial charge in [-0.25, -0.2) is 0 Å². The fourth-order valence-electron chi connectivity index (χ4n) is 2.37. The van der Waals surface area contributed by atoms with Crippen molar-refractivity contribution in [2.24, 2.45) is 0 Å². The van der Waals surface area contributed by atoms with Gasteiger partial charge in [0.2, 0.25) is 0 Å². The topological polar surface area (TPSA) is 84.9 Å². The van der Waals surface area contributed by atoms with Gasteiger partial charge in [-0.15, -0.1) is 0 Å². The number of amides is 1. The van der Waals surface area contributed by atoms with Crippen LogP contribution in [-0.2, 0) is 4.79 Å². The first-order chi connectivity index (χ1) is 10.8. The van der Waals surface area contributed by atoms with Crippen LogP contribution in [0.5, 0.6) is 11.5 Å². The molecule has 0 saturated carbocycles. The molecule has 1 rings (SSSR count). The Hall–Kier alpha value is -1.76. The number of ether oxygens (including phenoxy) is 2. The lowest BCUT2D eigenvalue weighted by atomic mass is 9.88. The molecule has 0 atom stereocenters. The summed E-state index contributed by atoms with van der Waals surface area (Å²) in [5.74, 6) is -0.380.